The standard InChI is InChI=1S/C8H12ClN3/c9-7-4-11-12(5-7)8-2-1-6(8)3-10/h4-6,8H,1-3,10H2. The van der Waals surface area contributed by atoms with Gasteiger partial charge in [-0.3, -0.25) is 4.68 Å². The Balaban J connectivity index is 2.10. The van der Waals surface area contributed by atoms with Gasteiger partial charge in [0.2, 0.25) is 0 Å². The third kappa shape index (κ3) is 1.23. The number of aromatic nitrogens is 2. The van der Waals surface area contributed by atoms with Crippen LogP contribution >= 0.6 is 11.6 Å². The van der Waals surface area contributed by atoms with E-state index in [9.17, 15) is 0 Å². The van der Waals surface area contributed by atoms with Crippen molar-refractivity contribution in [3.05, 3.63) is 17.4 Å². The number of hydrogen-bond donors (Lipinski definition) is 1. The van der Waals surface area contributed by atoms with Crippen molar-refractivity contribution < 1.29 is 0 Å². The first kappa shape index (κ1) is 8.08. The molecule has 1 saturated carbocycles. The second-order valence-corrected chi connectivity index (χ2v) is 3.72. The molecule has 3 nitrogen and oxygen atoms in total. The molecule has 12 heavy (non-hydrogen) atoms. The Hall–Kier alpha value is -0.540. The molecule has 4 heteroatoms. The van der Waals surface area contributed by atoms with E-state index in [1.165, 1.54) is 12.8 Å². The molecule has 2 unspecified atom stereocenters. The minimum absolute atomic E-state index is 0.488. The molecule has 1 aliphatic rings. The van der Waals surface area contributed by atoms with Crippen LogP contribution in [0.3, 0.4) is 0 Å². The number of halogens is 1. The summed E-state index contributed by atoms with van der Waals surface area (Å²) in [5, 5.41) is 4.87. The summed E-state index contributed by atoms with van der Waals surface area (Å²) in [7, 11) is 0. The summed E-state index contributed by atoms with van der Waals surface area (Å²) in [5.41, 5.74) is 5.59. The van der Waals surface area contributed by atoms with Gasteiger partial charge in [-0.15, -0.1) is 0 Å². The van der Waals surface area contributed by atoms with Crippen molar-refractivity contribution >= 4 is 11.6 Å². The molecular formula is C8H12ClN3. The summed E-state index contributed by atoms with van der Waals surface area (Å²) < 4.78 is 1.93. The lowest BCUT2D eigenvalue weighted by Crippen LogP contribution is -2.34. The Labute approximate surface area is 76.5 Å². The smallest absolute Gasteiger partial charge is 0.0785 e. The van der Waals surface area contributed by atoms with Gasteiger partial charge in [-0.1, -0.05) is 11.6 Å². The van der Waals surface area contributed by atoms with Crippen molar-refractivity contribution in [2.24, 2.45) is 11.7 Å². The van der Waals surface area contributed by atoms with Gasteiger partial charge in [-0.05, 0) is 25.3 Å². The molecule has 0 aliphatic heterocycles. The molecular weight excluding hydrogens is 174 g/mol. The molecule has 0 spiro atoms. The first-order valence-electron chi connectivity index (χ1n) is 4.21. The highest BCUT2D eigenvalue weighted by molar-refractivity contribution is 6.30. The highest BCUT2D eigenvalue weighted by Crippen LogP contribution is 2.37. The molecule has 0 amide bonds. The fourth-order valence-corrected chi connectivity index (χ4v) is 1.81. The predicted octanol–water partition coefficient (Wildman–Crippen LogP) is 1.45. The first-order chi connectivity index (χ1) is 5.81. The van der Waals surface area contributed by atoms with Gasteiger partial charge in [0, 0.05) is 6.20 Å². The van der Waals surface area contributed by atoms with Crippen molar-refractivity contribution in [3.63, 3.8) is 0 Å². The van der Waals surface area contributed by atoms with Crippen molar-refractivity contribution in [1.29, 1.82) is 0 Å². The van der Waals surface area contributed by atoms with Crippen molar-refractivity contribution in [1.82, 2.24) is 9.78 Å². The van der Waals surface area contributed by atoms with Crippen molar-refractivity contribution in [2.75, 3.05) is 6.54 Å². The van der Waals surface area contributed by atoms with Crippen LogP contribution in [0.25, 0.3) is 0 Å². The molecule has 0 aromatic carbocycles. The normalized spacial score (nSPS) is 28.5. The number of nitrogens with two attached hydrogens (primary N) is 1. The fourth-order valence-electron chi connectivity index (χ4n) is 1.67. The van der Waals surface area contributed by atoms with Crippen LogP contribution in [0.1, 0.15) is 18.9 Å². The van der Waals surface area contributed by atoms with E-state index >= 15 is 0 Å². The first-order valence-corrected chi connectivity index (χ1v) is 4.59. The number of hydrogen-bond acceptors (Lipinski definition) is 2. The van der Waals surface area contributed by atoms with Crippen molar-refractivity contribution in [3.8, 4) is 0 Å². The SMILES string of the molecule is NCC1CCC1n1cc(Cl)cn1. The average Bonchev–Trinajstić information content (AvgIpc) is 2.35. The zero-order valence-electron chi connectivity index (χ0n) is 6.78. The monoisotopic (exact) mass is 185 g/mol. The lowest BCUT2D eigenvalue weighted by molar-refractivity contribution is 0.174. The van der Waals surface area contributed by atoms with Crippen LogP contribution < -0.4 is 5.73 Å². The minimum Gasteiger partial charge on any atom is -0.330 e. The number of rotatable bonds is 2. The summed E-state index contributed by atoms with van der Waals surface area (Å²) in [6.07, 6.45) is 5.94. The summed E-state index contributed by atoms with van der Waals surface area (Å²) in [6.45, 7) is 0.752. The van der Waals surface area contributed by atoms with Gasteiger partial charge in [0.25, 0.3) is 0 Å². The molecule has 0 radical (unpaired) electrons. The third-order valence-corrected chi connectivity index (χ3v) is 2.79. The van der Waals surface area contributed by atoms with Gasteiger partial charge < -0.3 is 5.73 Å². The predicted molar refractivity (Wildman–Crippen MR) is 48.1 cm³/mol. The van der Waals surface area contributed by atoms with Gasteiger partial charge in [0.1, 0.15) is 0 Å². The van der Waals surface area contributed by atoms with E-state index in [-0.39, 0.29) is 0 Å². The molecule has 66 valence electrons. The van der Waals surface area contributed by atoms with E-state index in [4.69, 9.17) is 17.3 Å². The maximum Gasteiger partial charge on any atom is 0.0785 e. The Morgan fingerprint density at radius 1 is 1.67 bits per heavy atom. The van der Waals surface area contributed by atoms with Gasteiger partial charge >= 0.3 is 0 Å². The van der Waals surface area contributed by atoms with Crippen LogP contribution in [0.4, 0.5) is 0 Å². The quantitative estimate of drug-likeness (QED) is 0.758. The summed E-state index contributed by atoms with van der Waals surface area (Å²) in [4.78, 5) is 0. The molecule has 1 fully saturated rings. The molecule has 0 bridgehead atoms. The topological polar surface area (TPSA) is 43.8 Å². The van der Waals surface area contributed by atoms with Crippen LogP contribution in [0, 0.1) is 5.92 Å². The van der Waals surface area contributed by atoms with Crippen LogP contribution in [-0.2, 0) is 0 Å². The van der Waals surface area contributed by atoms with Crippen LogP contribution in [0.5, 0.6) is 0 Å². The Morgan fingerprint density at radius 3 is 2.92 bits per heavy atom. The van der Waals surface area contributed by atoms with Gasteiger partial charge in [0.15, 0.2) is 0 Å². The maximum absolute atomic E-state index is 5.76. The minimum atomic E-state index is 0.488. The highest BCUT2D eigenvalue weighted by atomic mass is 35.5. The molecule has 2 atom stereocenters. The van der Waals surface area contributed by atoms with Gasteiger partial charge in [0.05, 0.1) is 17.3 Å². The van der Waals surface area contributed by atoms with Crippen molar-refractivity contribution in [2.45, 2.75) is 18.9 Å². The van der Waals surface area contributed by atoms with Crippen LogP contribution in [-0.4, -0.2) is 16.3 Å². The van der Waals surface area contributed by atoms with E-state index in [1.54, 1.807) is 6.20 Å². The summed E-state index contributed by atoms with van der Waals surface area (Å²) in [5.74, 6) is 0.598. The van der Waals surface area contributed by atoms with Gasteiger partial charge in [-0.2, -0.15) is 5.10 Å². The second kappa shape index (κ2) is 3.07. The second-order valence-electron chi connectivity index (χ2n) is 3.28. The molecule has 1 aromatic rings. The largest absolute Gasteiger partial charge is 0.330 e. The molecule has 1 heterocycles. The van der Waals surface area contributed by atoms with Crippen LogP contribution in [0.2, 0.25) is 5.02 Å². The Morgan fingerprint density at radius 2 is 2.50 bits per heavy atom. The fraction of sp³-hybridized carbons (Fsp3) is 0.625. The average molecular weight is 186 g/mol. The Kier molecular flexibility index (Phi) is 2.07. The lowest BCUT2D eigenvalue weighted by Gasteiger charge is -2.35. The molecule has 2 rings (SSSR count). The van der Waals surface area contributed by atoms with E-state index in [2.05, 4.69) is 5.10 Å². The van der Waals surface area contributed by atoms with E-state index in [1.807, 2.05) is 10.9 Å². The third-order valence-electron chi connectivity index (χ3n) is 2.59. The highest BCUT2D eigenvalue weighted by Gasteiger charge is 2.31. The molecule has 2 N–H and O–H groups in total. The maximum atomic E-state index is 5.76. The van der Waals surface area contributed by atoms with E-state index in [0.29, 0.717) is 17.0 Å². The number of nitrogens with zero attached hydrogens (tertiary/aromatic N) is 2. The van der Waals surface area contributed by atoms with E-state index < -0.39 is 0 Å². The zero-order valence-corrected chi connectivity index (χ0v) is 7.54. The Bertz CT molecular complexity index is 269. The summed E-state index contributed by atoms with van der Waals surface area (Å²) >= 11 is 5.76. The van der Waals surface area contributed by atoms with Crippen LogP contribution in [0.15, 0.2) is 12.4 Å². The molecule has 1 aromatic heterocycles. The van der Waals surface area contributed by atoms with E-state index in [0.717, 1.165) is 6.54 Å². The van der Waals surface area contributed by atoms with Gasteiger partial charge in [-0.25, -0.2) is 0 Å². The molecule has 0 saturated heterocycles. The molecule has 1 aliphatic carbocycles. The lowest BCUT2D eigenvalue weighted by atomic mass is 9.80. The zero-order chi connectivity index (χ0) is 8.55. The summed E-state index contributed by atoms with van der Waals surface area (Å²) in [6, 6.07) is 0.488.